The maximum atomic E-state index is 15.0. The fourth-order valence-corrected chi connectivity index (χ4v) is 4.75. The van der Waals surface area contributed by atoms with Crippen molar-refractivity contribution in [2.45, 2.75) is 44.3 Å². The van der Waals surface area contributed by atoms with E-state index in [0.717, 1.165) is 12.8 Å². The molecule has 4 rings (SSSR count). The fourth-order valence-electron chi connectivity index (χ4n) is 4.75. The predicted molar refractivity (Wildman–Crippen MR) is 104 cm³/mol. The highest BCUT2D eigenvalue weighted by Gasteiger charge is 2.44. The van der Waals surface area contributed by atoms with Gasteiger partial charge in [-0.15, -0.1) is 0 Å². The number of carbonyl (C=O) groups is 4. The molecule has 9 heteroatoms. The second kappa shape index (κ2) is 8.23. The quantitative estimate of drug-likeness (QED) is 0.407. The Morgan fingerprint density at radius 3 is 2.60 bits per heavy atom. The largest absolute Gasteiger partial charge is 0.396 e. The number of hydrogen-bond donors (Lipinski definition) is 2. The molecule has 0 spiro atoms. The first-order valence-corrected chi connectivity index (χ1v) is 10.2. The Labute approximate surface area is 173 Å². The third kappa shape index (κ3) is 3.63. The maximum absolute atomic E-state index is 15.0. The number of nitrogens with zero attached hydrogens (tertiary/aromatic N) is 2. The first-order valence-electron chi connectivity index (χ1n) is 10.2. The number of amides is 2. The summed E-state index contributed by atoms with van der Waals surface area (Å²) >= 11 is 0. The van der Waals surface area contributed by atoms with Crippen molar-refractivity contribution < 1.29 is 28.7 Å². The third-order valence-corrected chi connectivity index (χ3v) is 6.40. The average molecular weight is 417 g/mol. The normalized spacial score (nSPS) is 25.2. The van der Waals surface area contributed by atoms with Gasteiger partial charge >= 0.3 is 0 Å². The monoisotopic (exact) mass is 417 g/mol. The van der Waals surface area contributed by atoms with Crippen LogP contribution in [0.1, 0.15) is 42.9 Å². The van der Waals surface area contributed by atoms with Crippen LogP contribution in [-0.2, 0) is 25.7 Å². The van der Waals surface area contributed by atoms with Gasteiger partial charge in [-0.05, 0) is 48.4 Å². The van der Waals surface area contributed by atoms with Gasteiger partial charge in [-0.1, -0.05) is 0 Å². The molecule has 0 aliphatic carbocycles. The first kappa shape index (κ1) is 20.6. The highest BCUT2D eigenvalue weighted by Crippen LogP contribution is 2.40. The number of hydrogen-bond acceptors (Lipinski definition) is 7. The van der Waals surface area contributed by atoms with Crippen molar-refractivity contribution >= 4 is 29.6 Å². The Morgan fingerprint density at radius 1 is 1.23 bits per heavy atom. The molecule has 3 aliphatic rings. The van der Waals surface area contributed by atoms with Gasteiger partial charge in [0.2, 0.25) is 17.6 Å². The van der Waals surface area contributed by atoms with E-state index in [1.807, 2.05) is 4.90 Å². The number of nitrogens with one attached hydrogen (secondary N) is 1. The third-order valence-electron chi connectivity index (χ3n) is 6.40. The lowest BCUT2D eigenvalue weighted by Crippen LogP contribution is -2.52. The van der Waals surface area contributed by atoms with Gasteiger partial charge < -0.3 is 10.0 Å². The lowest BCUT2D eigenvalue weighted by atomic mass is 9.96. The van der Waals surface area contributed by atoms with Crippen LogP contribution in [0.2, 0.25) is 0 Å². The zero-order valence-electron chi connectivity index (χ0n) is 16.5. The molecule has 3 heterocycles. The number of aliphatic hydroxyl groups excluding tert-OH is 1. The number of benzene rings is 1. The summed E-state index contributed by atoms with van der Waals surface area (Å²) in [7, 11) is 0. The summed E-state index contributed by atoms with van der Waals surface area (Å²) in [5, 5.41) is 11.6. The van der Waals surface area contributed by atoms with Crippen LogP contribution in [0.4, 0.5) is 10.1 Å². The minimum atomic E-state index is -1.04. The molecule has 1 aromatic rings. The molecular weight excluding hydrogens is 393 g/mol. The number of ketones is 1. The number of fused-ring (bicyclic) bond motifs is 1. The minimum Gasteiger partial charge on any atom is -0.396 e. The molecule has 2 unspecified atom stereocenters. The highest BCUT2D eigenvalue weighted by molar-refractivity contribution is 6.27. The molecular formula is C21H24FN3O5. The predicted octanol–water partition coefficient (Wildman–Crippen LogP) is 0.464. The molecule has 2 amide bonds. The standard InChI is InChI=1S/C21H24FN3O5/c22-15-8-14-13(7-17(15)24-5-3-12(10-26)4-6-24)9-25(20(14)18(28)11-27)16-1-2-19(29)23-21(16)30/h7-8,11-12,16,20,26H,1-6,9-10H2,(H,23,29,30). The van der Waals surface area contributed by atoms with E-state index in [9.17, 15) is 24.3 Å². The van der Waals surface area contributed by atoms with E-state index in [2.05, 4.69) is 5.32 Å². The molecule has 8 nitrogen and oxygen atoms in total. The van der Waals surface area contributed by atoms with Gasteiger partial charge in [0.25, 0.3) is 0 Å². The molecule has 3 aliphatic heterocycles. The smallest absolute Gasteiger partial charge is 0.243 e. The van der Waals surface area contributed by atoms with Crippen molar-refractivity contribution in [3.8, 4) is 0 Å². The number of Topliss-reactive ketones (excluding diaryl/α,β-unsaturated/α-hetero) is 1. The second-order valence-corrected chi connectivity index (χ2v) is 8.18. The van der Waals surface area contributed by atoms with Gasteiger partial charge in [-0.3, -0.25) is 29.4 Å². The van der Waals surface area contributed by atoms with E-state index in [4.69, 9.17) is 0 Å². The SMILES string of the molecule is O=CC(=O)C1c2cc(F)c(N3CCC(CO)CC3)cc2CN1C1CCC(=O)NC1=O. The molecule has 2 fully saturated rings. The van der Waals surface area contributed by atoms with Crippen LogP contribution in [0, 0.1) is 11.7 Å². The Kier molecular flexibility index (Phi) is 5.66. The van der Waals surface area contributed by atoms with Crippen LogP contribution in [0.15, 0.2) is 12.1 Å². The Bertz CT molecular complexity index is 897. The summed E-state index contributed by atoms with van der Waals surface area (Å²) < 4.78 is 15.0. The lowest BCUT2D eigenvalue weighted by Gasteiger charge is -2.33. The summed E-state index contributed by atoms with van der Waals surface area (Å²) in [6, 6.07) is 1.21. The Hall–Kier alpha value is -2.65. The summed E-state index contributed by atoms with van der Waals surface area (Å²) in [6.07, 6.45) is 2.11. The lowest BCUT2D eigenvalue weighted by molar-refractivity contribution is -0.141. The average Bonchev–Trinajstić information content (AvgIpc) is 3.10. The summed E-state index contributed by atoms with van der Waals surface area (Å²) in [5.74, 6) is -1.88. The molecule has 0 saturated carbocycles. The van der Waals surface area contributed by atoms with Crippen LogP contribution < -0.4 is 10.2 Å². The van der Waals surface area contributed by atoms with E-state index in [0.29, 0.717) is 29.9 Å². The first-order chi connectivity index (χ1) is 14.4. The van der Waals surface area contributed by atoms with E-state index >= 15 is 4.39 Å². The summed E-state index contributed by atoms with van der Waals surface area (Å²) in [5.41, 5.74) is 1.51. The number of rotatable bonds is 5. The number of carbonyl (C=O) groups excluding carboxylic acids is 4. The number of halogens is 1. The molecule has 0 radical (unpaired) electrons. The molecule has 160 valence electrons. The zero-order chi connectivity index (χ0) is 21.4. The molecule has 30 heavy (non-hydrogen) atoms. The highest BCUT2D eigenvalue weighted by atomic mass is 19.1. The van der Waals surface area contributed by atoms with Crippen LogP contribution in [0.3, 0.4) is 0 Å². The zero-order valence-corrected chi connectivity index (χ0v) is 16.5. The Morgan fingerprint density at radius 2 is 1.97 bits per heavy atom. The molecule has 0 bridgehead atoms. The Balaban J connectivity index is 1.64. The van der Waals surface area contributed by atoms with Crippen molar-refractivity contribution in [2.24, 2.45) is 5.92 Å². The van der Waals surface area contributed by atoms with Gasteiger partial charge in [0.1, 0.15) is 11.9 Å². The second-order valence-electron chi connectivity index (χ2n) is 8.18. The van der Waals surface area contributed by atoms with Gasteiger partial charge in [0.05, 0.1) is 11.7 Å². The summed E-state index contributed by atoms with van der Waals surface area (Å²) in [4.78, 5) is 51.0. The number of aldehydes is 1. The van der Waals surface area contributed by atoms with Gasteiger partial charge in [-0.25, -0.2) is 4.39 Å². The van der Waals surface area contributed by atoms with Crippen molar-refractivity contribution in [2.75, 3.05) is 24.6 Å². The number of anilines is 1. The van der Waals surface area contributed by atoms with Gasteiger partial charge in [-0.2, -0.15) is 0 Å². The molecule has 2 saturated heterocycles. The van der Waals surface area contributed by atoms with Crippen molar-refractivity contribution in [1.29, 1.82) is 0 Å². The van der Waals surface area contributed by atoms with Crippen molar-refractivity contribution in [3.05, 3.63) is 29.1 Å². The maximum Gasteiger partial charge on any atom is 0.243 e. The van der Waals surface area contributed by atoms with Gasteiger partial charge in [0, 0.05) is 32.7 Å². The number of piperidine rings is 2. The molecule has 0 aromatic heterocycles. The van der Waals surface area contributed by atoms with Crippen molar-refractivity contribution in [1.82, 2.24) is 10.2 Å². The van der Waals surface area contributed by atoms with Crippen LogP contribution >= 0.6 is 0 Å². The van der Waals surface area contributed by atoms with Crippen LogP contribution in [-0.4, -0.2) is 59.6 Å². The molecule has 1 aromatic carbocycles. The van der Waals surface area contributed by atoms with E-state index in [-0.39, 0.29) is 44.1 Å². The van der Waals surface area contributed by atoms with E-state index in [1.165, 1.54) is 6.07 Å². The van der Waals surface area contributed by atoms with Crippen molar-refractivity contribution in [3.63, 3.8) is 0 Å². The van der Waals surface area contributed by atoms with Crippen LogP contribution in [0.25, 0.3) is 0 Å². The van der Waals surface area contributed by atoms with Crippen LogP contribution in [0.5, 0.6) is 0 Å². The van der Waals surface area contributed by atoms with Gasteiger partial charge in [0.15, 0.2) is 6.29 Å². The summed E-state index contributed by atoms with van der Waals surface area (Å²) in [6.45, 7) is 1.58. The minimum absolute atomic E-state index is 0.122. The van der Waals surface area contributed by atoms with E-state index in [1.54, 1.807) is 11.0 Å². The molecule has 2 N–H and O–H groups in total. The topological polar surface area (TPSA) is 107 Å². The number of imide groups is 1. The van der Waals surface area contributed by atoms with E-state index < -0.39 is 29.6 Å². The number of aliphatic hydroxyl groups is 1. The fraction of sp³-hybridized carbons (Fsp3) is 0.524. The molecule has 2 atom stereocenters.